The Morgan fingerprint density at radius 3 is 2.47 bits per heavy atom. The summed E-state index contributed by atoms with van der Waals surface area (Å²) in [4.78, 5) is 27.9. The highest BCUT2D eigenvalue weighted by Gasteiger charge is 2.28. The van der Waals surface area contributed by atoms with Crippen LogP contribution in [0.2, 0.25) is 5.02 Å². The van der Waals surface area contributed by atoms with Crippen molar-refractivity contribution in [2.75, 3.05) is 0 Å². The van der Waals surface area contributed by atoms with Gasteiger partial charge in [0.15, 0.2) is 0 Å². The third kappa shape index (κ3) is 6.58. The summed E-state index contributed by atoms with van der Waals surface area (Å²) < 4.78 is 0.949. The molecule has 1 N–H and O–H groups in total. The minimum Gasteiger partial charge on any atom is -0.352 e. The molecule has 0 unspecified atom stereocenters. The van der Waals surface area contributed by atoms with Crippen molar-refractivity contribution < 1.29 is 9.59 Å². The second-order valence-corrected chi connectivity index (χ2v) is 9.33. The third-order valence-electron chi connectivity index (χ3n) is 5.63. The van der Waals surface area contributed by atoms with Crippen molar-refractivity contribution in [3.8, 4) is 0 Å². The van der Waals surface area contributed by atoms with Crippen molar-refractivity contribution in [2.24, 2.45) is 0 Å². The highest BCUT2D eigenvalue weighted by Crippen LogP contribution is 2.20. The highest BCUT2D eigenvalue weighted by molar-refractivity contribution is 9.10. The van der Waals surface area contributed by atoms with Gasteiger partial charge < -0.3 is 10.2 Å². The molecule has 0 bridgehead atoms. The van der Waals surface area contributed by atoms with Gasteiger partial charge in [0.2, 0.25) is 11.8 Å². The Kier molecular flexibility index (Phi) is 8.34. The number of hydrogen-bond acceptors (Lipinski definition) is 2. The summed E-state index contributed by atoms with van der Waals surface area (Å²) in [7, 11) is 0. The molecule has 0 spiro atoms. The number of nitrogens with one attached hydrogen (secondary N) is 1. The smallest absolute Gasteiger partial charge is 0.242 e. The first-order valence-electron chi connectivity index (χ1n) is 10.5. The van der Waals surface area contributed by atoms with Gasteiger partial charge in [0.25, 0.3) is 0 Å². The van der Waals surface area contributed by atoms with Gasteiger partial charge in [-0.1, -0.05) is 71.1 Å². The van der Waals surface area contributed by atoms with Gasteiger partial charge >= 0.3 is 0 Å². The quantitative estimate of drug-likeness (QED) is 0.555. The topological polar surface area (TPSA) is 49.4 Å². The largest absolute Gasteiger partial charge is 0.352 e. The lowest BCUT2D eigenvalue weighted by atomic mass is 9.95. The fourth-order valence-corrected chi connectivity index (χ4v) is 4.43. The fraction of sp³-hybridized carbons (Fsp3) is 0.417. The molecular formula is C24H28BrClN2O2. The van der Waals surface area contributed by atoms with Crippen LogP contribution >= 0.6 is 27.5 Å². The molecule has 30 heavy (non-hydrogen) atoms. The molecule has 1 aliphatic carbocycles. The Bertz CT molecular complexity index is 866. The second-order valence-electron chi connectivity index (χ2n) is 7.97. The maximum Gasteiger partial charge on any atom is 0.242 e. The number of rotatable bonds is 7. The van der Waals surface area contributed by atoms with E-state index in [2.05, 4.69) is 21.2 Å². The van der Waals surface area contributed by atoms with Gasteiger partial charge in [-0.3, -0.25) is 9.59 Å². The number of amides is 2. The summed E-state index contributed by atoms with van der Waals surface area (Å²) in [5.41, 5.74) is 1.86. The summed E-state index contributed by atoms with van der Waals surface area (Å²) >= 11 is 9.45. The average molecular weight is 492 g/mol. The van der Waals surface area contributed by atoms with E-state index >= 15 is 0 Å². The Morgan fingerprint density at radius 1 is 1.10 bits per heavy atom. The fourth-order valence-electron chi connectivity index (χ4n) is 3.86. The van der Waals surface area contributed by atoms with Crippen molar-refractivity contribution in [3.05, 3.63) is 69.2 Å². The predicted octanol–water partition coefficient (Wildman–Crippen LogP) is 5.51. The number of carbonyl (C=O) groups excluding carboxylic acids is 2. The molecule has 3 rings (SSSR count). The molecule has 0 aliphatic heterocycles. The molecule has 1 atom stereocenters. The van der Waals surface area contributed by atoms with Crippen LogP contribution in [0.25, 0.3) is 0 Å². The first-order chi connectivity index (χ1) is 14.4. The number of carbonyl (C=O) groups is 2. The van der Waals surface area contributed by atoms with Crippen molar-refractivity contribution in [1.29, 1.82) is 0 Å². The summed E-state index contributed by atoms with van der Waals surface area (Å²) in [6, 6.07) is 14.8. The molecular weight excluding hydrogens is 464 g/mol. The lowest BCUT2D eigenvalue weighted by Crippen LogP contribution is -2.50. The lowest BCUT2D eigenvalue weighted by molar-refractivity contribution is -0.140. The molecule has 1 saturated carbocycles. The molecule has 1 aliphatic rings. The van der Waals surface area contributed by atoms with E-state index in [4.69, 9.17) is 11.6 Å². The predicted molar refractivity (Wildman–Crippen MR) is 124 cm³/mol. The van der Waals surface area contributed by atoms with E-state index in [-0.39, 0.29) is 24.3 Å². The summed E-state index contributed by atoms with van der Waals surface area (Å²) in [5.74, 6) is -0.162. The monoisotopic (exact) mass is 490 g/mol. The third-order valence-corrected chi connectivity index (χ3v) is 6.37. The average Bonchev–Trinajstić information content (AvgIpc) is 2.74. The standard InChI is InChI=1S/C24H28BrClN2O2/c1-17(24(30)27-22-8-3-2-4-9-22)28(16-19-6-5-7-20(25)14-19)23(29)15-18-10-12-21(26)13-11-18/h5-7,10-14,17,22H,2-4,8-9,15-16H2,1H3,(H,27,30)/t17-/m0/s1. The Hall–Kier alpha value is -1.85. The van der Waals surface area contributed by atoms with Gasteiger partial charge in [0, 0.05) is 22.1 Å². The van der Waals surface area contributed by atoms with Crippen LogP contribution in [0.1, 0.15) is 50.2 Å². The number of benzene rings is 2. The van der Waals surface area contributed by atoms with Crippen molar-refractivity contribution in [2.45, 2.75) is 64.1 Å². The Labute approximate surface area is 192 Å². The van der Waals surface area contributed by atoms with E-state index in [1.54, 1.807) is 17.0 Å². The molecule has 6 heteroatoms. The minimum atomic E-state index is -0.550. The van der Waals surface area contributed by atoms with Crippen LogP contribution in [0.3, 0.4) is 0 Å². The van der Waals surface area contributed by atoms with Crippen LogP contribution in [0.5, 0.6) is 0 Å². The van der Waals surface area contributed by atoms with Crippen molar-refractivity contribution in [3.63, 3.8) is 0 Å². The summed E-state index contributed by atoms with van der Waals surface area (Å²) in [6.07, 6.45) is 5.79. The van der Waals surface area contributed by atoms with Gasteiger partial charge in [0.1, 0.15) is 6.04 Å². The molecule has 0 radical (unpaired) electrons. The maximum atomic E-state index is 13.2. The van der Waals surface area contributed by atoms with E-state index < -0.39 is 6.04 Å². The SMILES string of the molecule is C[C@@H](C(=O)NC1CCCCC1)N(Cc1cccc(Br)c1)C(=O)Cc1ccc(Cl)cc1. The highest BCUT2D eigenvalue weighted by atomic mass is 79.9. The first kappa shape index (κ1) is 22.8. The van der Waals surface area contributed by atoms with Crippen LogP contribution in [0.15, 0.2) is 53.0 Å². The van der Waals surface area contributed by atoms with Gasteiger partial charge in [-0.05, 0) is 55.2 Å². The second kappa shape index (κ2) is 11.0. The molecule has 1 fully saturated rings. The van der Waals surface area contributed by atoms with Crippen LogP contribution < -0.4 is 5.32 Å². The molecule has 2 aromatic rings. The van der Waals surface area contributed by atoms with E-state index in [0.717, 1.165) is 41.3 Å². The molecule has 0 heterocycles. The maximum absolute atomic E-state index is 13.2. The van der Waals surface area contributed by atoms with E-state index in [9.17, 15) is 9.59 Å². The molecule has 2 amide bonds. The zero-order chi connectivity index (χ0) is 21.5. The minimum absolute atomic E-state index is 0.0800. The van der Waals surface area contributed by atoms with Gasteiger partial charge in [-0.15, -0.1) is 0 Å². The summed E-state index contributed by atoms with van der Waals surface area (Å²) in [6.45, 7) is 2.20. The van der Waals surface area contributed by atoms with Crippen molar-refractivity contribution in [1.82, 2.24) is 10.2 Å². The van der Waals surface area contributed by atoms with E-state index in [0.29, 0.717) is 11.6 Å². The first-order valence-corrected chi connectivity index (χ1v) is 11.7. The summed E-state index contributed by atoms with van der Waals surface area (Å²) in [5, 5.41) is 3.80. The van der Waals surface area contributed by atoms with Crippen LogP contribution in [0.4, 0.5) is 0 Å². The number of hydrogen-bond donors (Lipinski definition) is 1. The molecule has 2 aromatic carbocycles. The number of nitrogens with zero attached hydrogens (tertiary/aromatic N) is 1. The molecule has 4 nitrogen and oxygen atoms in total. The van der Waals surface area contributed by atoms with Gasteiger partial charge in [-0.25, -0.2) is 0 Å². The Morgan fingerprint density at radius 2 is 1.80 bits per heavy atom. The van der Waals surface area contributed by atoms with Gasteiger partial charge in [0.05, 0.1) is 6.42 Å². The van der Waals surface area contributed by atoms with E-state index in [1.165, 1.54) is 6.42 Å². The number of halogens is 2. The van der Waals surface area contributed by atoms with Crippen LogP contribution in [0, 0.1) is 0 Å². The molecule has 160 valence electrons. The zero-order valence-corrected chi connectivity index (χ0v) is 19.6. The van der Waals surface area contributed by atoms with Crippen LogP contribution in [-0.4, -0.2) is 28.8 Å². The van der Waals surface area contributed by atoms with Crippen molar-refractivity contribution >= 4 is 39.3 Å². The molecule has 0 saturated heterocycles. The normalized spacial score (nSPS) is 15.4. The van der Waals surface area contributed by atoms with Gasteiger partial charge in [-0.2, -0.15) is 0 Å². The Balaban J connectivity index is 1.75. The van der Waals surface area contributed by atoms with E-state index in [1.807, 2.05) is 43.3 Å². The lowest BCUT2D eigenvalue weighted by Gasteiger charge is -2.31. The van der Waals surface area contributed by atoms with Crippen LogP contribution in [-0.2, 0) is 22.6 Å². The molecule has 0 aromatic heterocycles. The zero-order valence-electron chi connectivity index (χ0n) is 17.2.